The maximum Gasteiger partial charge on any atom is 0.0658 e. The first-order valence-electron chi connectivity index (χ1n) is 7.12. The Bertz CT molecular complexity index is 368. The minimum atomic E-state index is 0.424. The molecule has 0 heterocycles. The van der Waals surface area contributed by atoms with Crippen molar-refractivity contribution in [1.82, 2.24) is 0 Å². The van der Waals surface area contributed by atoms with Crippen molar-refractivity contribution in [3.05, 3.63) is 0 Å². The summed E-state index contributed by atoms with van der Waals surface area (Å²) in [5.41, 5.74) is 0. The van der Waals surface area contributed by atoms with Crippen LogP contribution in [0.15, 0.2) is 0 Å². The second kappa shape index (κ2) is 2.84. The van der Waals surface area contributed by atoms with Crippen molar-refractivity contribution >= 4 is 0 Å². The van der Waals surface area contributed by atoms with Gasteiger partial charge in [-0.25, -0.2) is 0 Å². The highest BCUT2D eigenvalue weighted by Gasteiger charge is 2.65. The van der Waals surface area contributed by atoms with E-state index in [4.69, 9.17) is 0 Å². The lowest BCUT2D eigenvalue weighted by Crippen LogP contribution is -2.38. The van der Waals surface area contributed by atoms with Gasteiger partial charge < -0.3 is 0 Å². The van der Waals surface area contributed by atoms with Gasteiger partial charge >= 0.3 is 0 Å². The topological polar surface area (TPSA) is 23.8 Å². The lowest BCUT2D eigenvalue weighted by molar-refractivity contribution is 0.0581. The molecule has 86 valence electrons. The van der Waals surface area contributed by atoms with E-state index in [1.54, 1.807) is 0 Å². The van der Waals surface area contributed by atoms with E-state index in [-0.39, 0.29) is 0 Å². The van der Waals surface area contributed by atoms with Crippen molar-refractivity contribution < 1.29 is 0 Å². The quantitative estimate of drug-likeness (QED) is 0.569. The maximum atomic E-state index is 9.25. The van der Waals surface area contributed by atoms with Gasteiger partial charge in [-0.3, -0.25) is 0 Å². The van der Waals surface area contributed by atoms with Crippen LogP contribution in [0.2, 0.25) is 0 Å². The molecule has 4 saturated carbocycles. The third-order valence-corrected chi connectivity index (χ3v) is 7.01. The first-order chi connectivity index (χ1) is 7.72. The number of nitrogens with zero attached hydrogens (tertiary/aromatic N) is 1. The third kappa shape index (κ3) is 0.859. The summed E-state index contributed by atoms with van der Waals surface area (Å²) in [7, 11) is 0. The van der Waals surface area contributed by atoms with Gasteiger partial charge in [0.15, 0.2) is 0 Å². The molecule has 4 bridgehead atoms. The Hall–Kier alpha value is -0.510. The van der Waals surface area contributed by atoms with E-state index < -0.39 is 0 Å². The van der Waals surface area contributed by atoms with E-state index in [1.165, 1.54) is 19.3 Å². The molecule has 1 nitrogen and oxygen atoms in total. The van der Waals surface area contributed by atoms with E-state index in [1.807, 2.05) is 0 Å². The average Bonchev–Trinajstić information content (AvgIpc) is 2.98. The molecule has 9 atom stereocenters. The van der Waals surface area contributed by atoms with Gasteiger partial charge in [-0.05, 0) is 66.6 Å². The molecule has 1 heteroatoms. The lowest BCUT2D eigenvalue weighted by Gasteiger charge is -2.42. The normalized spacial score (nSPS) is 65.9. The molecule has 16 heavy (non-hydrogen) atoms. The van der Waals surface area contributed by atoms with E-state index in [0.29, 0.717) is 5.92 Å². The molecule has 0 N–H and O–H groups in total. The maximum absolute atomic E-state index is 9.25. The zero-order chi connectivity index (χ0) is 11.0. The SMILES string of the molecule is CC1C(C)C2CC1C1C3CC(C#N)C(C3)C21. The largest absolute Gasteiger partial charge is 0.198 e. The highest BCUT2D eigenvalue weighted by Crippen LogP contribution is 2.71. The molecule has 4 rings (SSSR count). The van der Waals surface area contributed by atoms with Crippen LogP contribution in [0.1, 0.15) is 33.1 Å². The monoisotopic (exact) mass is 215 g/mol. The number of fused-ring (bicyclic) bond motifs is 9. The standard InChI is InChI=1S/C15H21N/c1-7-8(2)12-5-11(7)14-9-3-10(6-16)13(4-9)15(12)14/h7-15H,3-5H2,1-2H3. The number of nitriles is 1. The summed E-state index contributed by atoms with van der Waals surface area (Å²) in [6.45, 7) is 4.96. The summed E-state index contributed by atoms with van der Waals surface area (Å²) >= 11 is 0. The number of hydrogen-bond donors (Lipinski definition) is 0. The van der Waals surface area contributed by atoms with Crippen molar-refractivity contribution in [2.75, 3.05) is 0 Å². The van der Waals surface area contributed by atoms with Crippen molar-refractivity contribution in [1.29, 1.82) is 5.26 Å². The van der Waals surface area contributed by atoms with E-state index in [0.717, 1.165) is 47.3 Å². The molecule has 0 aromatic rings. The van der Waals surface area contributed by atoms with E-state index >= 15 is 0 Å². The Morgan fingerprint density at radius 1 is 0.875 bits per heavy atom. The minimum absolute atomic E-state index is 0.424. The van der Waals surface area contributed by atoms with Gasteiger partial charge in [-0.15, -0.1) is 0 Å². The molecule has 0 amide bonds. The van der Waals surface area contributed by atoms with Gasteiger partial charge in [-0.2, -0.15) is 5.26 Å². The van der Waals surface area contributed by atoms with Crippen LogP contribution in [0.3, 0.4) is 0 Å². The van der Waals surface area contributed by atoms with Gasteiger partial charge in [0.05, 0.1) is 6.07 Å². The Morgan fingerprint density at radius 3 is 2.25 bits per heavy atom. The number of hydrogen-bond acceptors (Lipinski definition) is 1. The van der Waals surface area contributed by atoms with Gasteiger partial charge in [0.1, 0.15) is 0 Å². The Labute approximate surface area is 98.2 Å². The lowest BCUT2D eigenvalue weighted by atomic mass is 9.62. The van der Waals surface area contributed by atoms with Gasteiger partial charge in [0, 0.05) is 5.92 Å². The van der Waals surface area contributed by atoms with Crippen molar-refractivity contribution in [2.45, 2.75) is 33.1 Å². The Kier molecular flexibility index (Phi) is 1.69. The highest BCUT2D eigenvalue weighted by molar-refractivity contribution is 5.16. The van der Waals surface area contributed by atoms with Crippen LogP contribution in [0.4, 0.5) is 0 Å². The summed E-state index contributed by atoms with van der Waals surface area (Å²) in [5.74, 6) is 8.06. The smallest absolute Gasteiger partial charge is 0.0658 e. The molecule has 4 aliphatic rings. The molecule has 0 spiro atoms. The second-order valence-corrected chi connectivity index (χ2v) is 7.07. The van der Waals surface area contributed by atoms with Crippen LogP contribution in [0.5, 0.6) is 0 Å². The van der Waals surface area contributed by atoms with Crippen molar-refractivity contribution in [3.8, 4) is 6.07 Å². The molecular weight excluding hydrogens is 194 g/mol. The fraction of sp³-hybridized carbons (Fsp3) is 0.933. The molecule has 0 radical (unpaired) electrons. The minimum Gasteiger partial charge on any atom is -0.198 e. The fourth-order valence-corrected chi connectivity index (χ4v) is 6.38. The predicted octanol–water partition coefficient (Wildman–Crippen LogP) is 3.32. The highest BCUT2D eigenvalue weighted by atomic mass is 14.7. The first kappa shape index (κ1) is 9.51. The molecular formula is C15H21N. The Morgan fingerprint density at radius 2 is 1.56 bits per heavy atom. The summed E-state index contributed by atoms with van der Waals surface area (Å²) in [6, 6.07) is 2.59. The predicted molar refractivity (Wildman–Crippen MR) is 62.2 cm³/mol. The Balaban J connectivity index is 1.71. The zero-order valence-electron chi connectivity index (χ0n) is 10.3. The zero-order valence-corrected chi connectivity index (χ0v) is 10.3. The summed E-state index contributed by atoms with van der Waals surface area (Å²) in [6.07, 6.45) is 4.15. The van der Waals surface area contributed by atoms with E-state index in [2.05, 4.69) is 19.9 Å². The number of rotatable bonds is 0. The molecule has 0 aliphatic heterocycles. The molecule has 4 aliphatic carbocycles. The third-order valence-electron chi connectivity index (χ3n) is 7.01. The molecule has 0 aromatic heterocycles. The fourth-order valence-electron chi connectivity index (χ4n) is 6.38. The van der Waals surface area contributed by atoms with Crippen molar-refractivity contribution in [2.24, 2.45) is 53.3 Å². The summed E-state index contributed by atoms with van der Waals surface area (Å²) in [5, 5.41) is 9.25. The van der Waals surface area contributed by atoms with Crippen LogP contribution in [-0.4, -0.2) is 0 Å². The molecule has 9 unspecified atom stereocenters. The first-order valence-corrected chi connectivity index (χ1v) is 7.12. The summed E-state index contributed by atoms with van der Waals surface area (Å²) in [4.78, 5) is 0. The van der Waals surface area contributed by atoms with Gasteiger partial charge in [-0.1, -0.05) is 13.8 Å². The molecule has 0 saturated heterocycles. The van der Waals surface area contributed by atoms with Crippen LogP contribution >= 0.6 is 0 Å². The van der Waals surface area contributed by atoms with Crippen LogP contribution in [0, 0.1) is 64.6 Å². The molecule has 0 aromatic carbocycles. The second-order valence-electron chi connectivity index (χ2n) is 7.07. The van der Waals surface area contributed by atoms with Crippen LogP contribution in [-0.2, 0) is 0 Å². The van der Waals surface area contributed by atoms with E-state index in [9.17, 15) is 5.26 Å². The summed E-state index contributed by atoms with van der Waals surface area (Å²) < 4.78 is 0. The van der Waals surface area contributed by atoms with Crippen molar-refractivity contribution in [3.63, 3.8) is 0 Å². The van der Waals surface area contributed by atoms with Crippen LogP contribution < -0.4 is 0 Å². The van der Waals surface area contributed by atoms with Gasteiger partial charge in [0.2, 0.25) is 0 Å². The van der Waals surface area contributed by atoms with Gasteiger partial charge in [0.25, 0.3) is 0 Å². The average molecular weight is 215 g/mol. The molecule has 4 fully saturated rings. The van der Waals surface area contributed by atoms with Crippen LogP contribution in [0.25, 0.3) is 0 Å².